The average molecular weight is 1330 g/mol. The third-order valence-corrected chi connectivity index (χ3v) is 5.49. The fourth-order valence-electron chi connectivity index (χ4n) is 0.741. The van der Waals surface area contributed by atoms with Crippen LogP contribution in [0.15, 0.2) is 0 Å². The Bertz CT molecular complexity index is 819. The molecule has 0 saturated heterocycles. The first-order valence-corrected chi connectivity index (χ1v) is 15.9. The second-order valence-corrected chi connectivity index (χ2v) is 14.8. The van der Waals surface area contributed by atoms with Crippen molar-refractivity contribution in [3.05, 3.63) is 13.7 Å². The van der Waals surface area contributed by atoms with E-state index in [1.165, 1.54) is 0 Å². The van der Waals surface area contributed by atoms with Gasteiger partial charge in [0.25, 0.3) is 0 Å². The largest absolute Gasteiger partial charge is 3.00 e. The number of ether oxygens (including phenoxy) is 3. The third kappa shape index (κ3) is 54.9. The Kier molecular flexibility index (Phi) is 58.0. The molecule has 0 atom stereocenters. The summed E-state index contributed by atoms with van der Waals surface area (Å²) < 4.78 is 6.74. The first-order chi connectivity index (χ1) is 21.4. The monoisotopic (exact) mass is 1330 g/mol. The standard InChI is InChI=1S/3C4H8O4S2.3C2H3O2S2.2Bi/c3*5-1-2-8-4(9,10)3(6)7;3*3-1(4)2(5)6;;/h3*5,9-10H,1-2H2,(H,6,7);3*5-6H,(H,3,4);;/q;;;;;;2*+3/p-6. The van der Waals surface area contributed by atoms with Gasteiger partial charge in [0.05, 0.1) is 75.5 Å². The van der Waals surface area contributed by atoms with Crippen LogP contribution < -0.4 is 30.6 Å². The van der Waals surface area contributed by atoms with Crippen molar-refractivity contribution in [1.82, 2.24) is 0 Å². The molecule has 7 radical (unpaired) electrons. The second kappa shape index (κ2) is 41.2. The summed E-state index contributed by atoms with van der Waals surface area (Å²) in [6.07, 6.45) is 0. The zero-order chi connectivity index (χ0) is 40.1. The van der Waals surface area contributed by atoms with E-state index in [4.69, 9.17) is 15.3 Å². The summed E-state index contributed by atoms with van der Waals surface area (Å²) in [6.45, 7) is -1.26. The predicted molar refractivity (Wildman–Crippen MR) is 206 cm³/mol. The van der Waals surface area contributed by atoms with Crippen molar-refractivity contribution in [2.75, 3.05) is 39.6 Å². The van der Waals surface area contributed by atoms with Crippen molar-refractivity contribution < 1.29 is 88.9 Å². The quantitative estimate of drug-likeness (QED) is 0.0411. The number of aliphatic hydroxyl groups excluding tert-OH is 3. The predicted octanol–water partition coefficient (Wildman–Crippen LogP) is -8.73. The maximum Gasteiger partial charge on any atom is 3.00 e. The van der Waals surface area contributed by atoms with Crippen LogP contribution in [0.25, 0.3) is 0 Å². The van der Waals surface area contributed by atoms with Crippen molar-refractivity contribution >= 4 is 240 Å². The topological polar surface area (TPSA) is 329 Å². The second-order valence-electron chi connectivity index (χ2n) is 6.24. The molecule has 0 aliphatic carbocycles. The first-order valence-electron chi connectivity index (χ1n) is 10.6. The normalized spacial score (nSPS) is 10.2. The molecule has 289 valence electrons. The van der Waals surface area contributed by atoms with Crippen LogP contribution in [0.4, 0.5) is 0 Å². The van der Waals surface area contributed by atoms with Crippen molar-refractivity contribution in [3.63, 3.8) is 0 Å². The molecule has 0 bridgehead atoms. The first kappa shape index (κ1) is 70.4. The maximum absolute atomic E-state index is 10.1. The van der Waals surface area contributed by atoms with Crippen LogP contribution in [-0.4, -0.2) is 156 Å². The van der Waals surface area contributed by atoms with Gasteiger partial charge < -0.3 is 88.9 Å². The molecule has 0 fully saturated rings. The Morgan fingerprint density at radius 3 is 0.600 bits per heavy atom. The number of hydrogen-bond donors (Lipinski definition) is 15. The number of carboxylic acids is 6. The van der Waals surface area contributed by atoms with E-state index in [2.05, 4.69) is 166 Å². The van der Waals surface area contributed by atoms with Gasteiger partial charge in [-0.1, -0.05) is 0 Å². The van der Waals surface area contributed by atoms with E-state index in [0.717, 1.165) is 0 Å². The third-order valence-electron chi connectivity index (χ3n) is 2.53. The maximum atomic E-state index is 10.1. The van der Waals surface area contributed by atoms with Crippen LogP contribution >= 0.6 is 152 Å². The molecule has 0 spiro atoms. The fraction of sp³-hybridized carbons (Fsp3) is 0.500. The van der Waals surface area contributed by atoms with Gasteiger partial charge in [0.2, 0.25) is 0 Å². The summed E-state index contributed by atoms with van der Waals surface area (Å²) in [4.78, 5) is 58.4. The summed E-state index contributed by atoms with van der Waals surface area (Å²) >= 11 is 40.8. The molecule has 32 heteroatoms. The zero-order valence-corrected chi connectivity index (χ0v) is 41.7. The summed E-state index contributed by atoms with van der Waals surface area (Å²) in [5.74, 6) is -8.68. The number of aliphatic carboxylic acids is 6. The molecule has 0 aromatic heterocycles. The van der Waals surface area contributed by atoms with Gasteiger partial charge in [-0.15, -0.1) is 75.8 Å². The SMILES string of the molecule is O=C([O-])C(S)(S)OCCO.O=C([O-])C(S)(S)OCCO.O=C([O-])C(S)(S)OCCO.O=C([O-])[C](S)S.O=C([O-])[C](S)S.O=C([O-])[C](S)S.[Bi+3].[Bi+3]. The number of thiol groups is 12. The minimum atomic E-state index is -1.91. The smallest absolute Gasteiger partial charge is 0.548 e. The van der Waals surface area contributed by atoms with Gasteiger partial charge in [-0.2, -0.15) is 75.8 Å². The average Bonchev–Trinajstić information content (AvgIpc) is 2.95. The fourth-order valence-corrected chi connectivity index (χ4v) is 1.29. The summed E-state index contributed by atoms with van der Waals surface area (Å²) in [5.41, 5.74) is 0. The Morgan fingerprint density at radius 1 is 0.420 bits per heavy atom. The molecule has 0 rings (SSSR count). The number of aliphatic hydroxyl groups is 3. The van der Waals surface area contributed by atoms with E-state index in [0.29, 0.717) is 0 Å². The summed E-state index contributed by atoms with van der Waals surface area (Å²) in [5, 5.41) is 83.0. The van der Waals surface area contributed by atoms with E-state index in [1.54, 1.807) is 0 Å². The van der Waals surface area contributed by atoms with Crippen molar-refractivity contribution in [1.29, 1.82) is 0 Å². The van der Waals surface area contributed by atoms with Crippen LogP contribution in [-0.2, 0) is 43.0 Å². The molecule has 18 nitrogen and oxygen atoms in total. The van der Waals surface area contributed by atoms with Crippen LogP contribution in [0.2, 0.25) is 0 Å². The summed E-state index contributed by atoms with van der Waals surface area (Å²) in [6, 6.07) is 0. The van der Waals surface area contributed by atoms with Crippen LogP contribution in [0.3, 0.4) is 0 Å². The molecule has 0 aliphatic heterocycles. The van der Waals surface area contributed by atoms with Gasteiger partial charge in [0.1, 0.15) is 13.7 Å². The van der Waals surface area contributed by atoms with Crippen molar-refractivity contribution in [2.45, 2.75) is 12.8 Å². The molecule has 0 heterocycles. The zero-order valence-electron chi connectivity index (χ0n) is 24.0. The Labute approximate surface area is 390 Å². The Balaban J connectivity index is -0.0000000711. The number of carbonyl (C=O) groups excluding carboxylic acids is 6. The Hall–Kier alpha value is 2.55. The number of rotatable bonds is 15. The van der Waals surface area contributed by atoms with Crippen LogP contribution in [0.5, 0.6) is 0 Å². The molecule has 0 aromatic rings. The molecular weight excluding hydrogens is 1310 g/mol. The van der Waals surface area contributed by atoms with Gasteiger partial charge in [-0.3, -0.25) is 0 Å². The van der Waals surface area contributed by atoms with E-state index in [9.17, 15) is 59.4 Å². The van der Waals surface area contributed by atoms with Gasteiger partial charge in [-0.05, 0) is 0 Å². The van der Waals surface area contributed by atoms with E-state index >= 15 is 0 Å². The molecule has 0 unspecified atom stereocenters. The van der Waals surface area contributed by atoms with Gasteiger partial charge in [0, 0.05) is 0 Å². The number of carboxylic acid groups (broad SMARTS) is 6. The minimum Gasteiger partial charge on any atom is -0.548 e. The number of hydrogen-bond acceptors (Lipinski definition) is 30. The number of carbonyl (C=O) groups is 6. The molecular formula is C18H27Bi2O18S12. The van der Waals surface area contributed by atoms with E-state index in [1.807, 2.05) is 0 Å². The molecule has 3 N–H and O–H groups in total. The van der Waals surface area contributed by atoms with Crippen molar-refractivity contribution in [3.8, 4) is 0 Å². The van der Waals surface area contributed by atoms with Gasteiger partial charge in [-0.25, -0.2) is 0 Å². The molecule has 0 aromatic carbocycles. The van der Waals surface area contributed by atoms with Gasteiger partial charge >= 0.3 is 52.4 Å². The summed E-state index contributed by atoms with van der Waals surface area (Å²) in [7, 11) is 0. The minimum absolute atomic E-state index is 0. The van der Waals surface area contributed by atoms with E-state index < -0.39 is 48.6 Å². The van der Waals surface area contributed by atoms with Gasteiger partial charge in [0.15, 0.2) is 12.8 Å². The molecule has 0 aliphatic rings. The van der Waals surface area contributed by atoms with Crippen molar-refractivity contribution in [2.24, 2.45) is 0 Å². The molecule has 50 heavy (non-hydrogen) atoms. The molecule has 0 saturated carbocycles. The van der Waals surface area contributed by atoms with Crippen LogP contribution in [0.1, 0.15) is 0 Å². The molecule has 0 amide bonds. The van der Waals surface area contributed by atoms with Crippen LogP contribution in [0, 0.1) is 13.7 Å². The van der Waals surface area contributed by atoms with E-state index in [-0.39, 0.29) is 106 Å². The Morgan fingerprint density at radius 2 is 0.540 bits per heavy atom.